The number of esters is 1. The highest BCUT2D eigenvalue weighted by Gasteiger charge is 2.15. The summed E-state index contributed by atoms with van der Waals surface area (Å²) in [6.45, 7) is 0.0318. The molecule has 1 amide bonds. The van der Waals surface area contributed by atoms with Crippen LogP contribution in [0.1, 0.15) is 44.1 Å². The smallest absolute Gasteiger partial charge is 0.305 e. The lowest BCUT2D eigenvalue weighted by atomic mass is 9.95. The average molecular weight is 369 g/mol. The molecule has 0 radical (unpaired) electrons. The number of nitrogens with one attached hydrogen (secondary N) is 1. The Morgan fingerprint density at radius 1 is 1.04 bits per heavy atom. The molecular formula is C22H27NO4. The van der Waals surface area contributed by atoms with Crippen molar-refractivity contribution in [3.63, 3.8) is 0 Å². The van der Waals surface area contributed by atoms with E-state index in [0.717, 1.165) is 29.2 Å². The minimum absolute atomic E-state index is 0.0318. The van der Waals surface area contributed by atoms with Gasteiger partial charge in [-0.15, -0.1) is 0 Å². The van der Waals surface area contributed by atoms with Crippen molar-refractivity contribution in [3.8, 4) is 5.75 Å². The lowest BCUT2D eigenvalue weighted by Gasteiger charge is -2.22. The summed E-state index contributed by atoms with van der Waals surface area (Å²) < 4.78 is 10.4. The Hall–Kier alpha value is -2.56. The lowest BCUT2D eigenvalue weighted by molar-refractivity contribution is -0.140. The van der Waals surface area contributed by atoms with Gasteiger partial charge < -0.3 is 14.8 Å². The molecule has 1 fully saturated rings. The van der Waals surface area contributed by atoms with Crippen LogP contribution in [0.25, 0.3) is 10.8 Å². The zero-order valence-corrected chi connectivity index (χ0v) is 15.8. The van der Waals surface area contributed by atoms with Gasteiger partial charge in [-0.1, -0.05) is 43.5 Å². The van der Waals surface area contributed by atoms with Crippen LogP contribution in [0, 0.1) is 0 Å². The van der Waals surface area contributed by atoms with Crippen LogP contribution in [0.3, 0.4) is 0 Å². The first-order valence-corrected chi connectivity index (χ1v) is 9.66. The van der Waals surface area contributed by atoms with Crippen molar-refractivity contribution < 1.29 is 19.1 Å². The van der Waals surface area contributed by atoms with Gasteiger partial charge in [-0.05, 0) is 47.7 Å². The molecule has 0 bridgehead atoms. The Labute approximate surface area is 160 Å². The normalized spacial score (nSPS) is 14.7. The van der Waals surface area contributed by atoms with Gasteiger partial charge in [0.05, 0.1) is 7.11 Å². The van der Waals surface area contributed by atoms with Crippen LogP contribution >= 0.6 is 0 Å². The number of carbonyl (C=O) groups is 2. The van der Waals surface area contributed by atoms with Crippen molar-refractivity contribution in [2.45, 2.75) is 51.0 Å². The van der Waals surface area contributed by atoms with E-state index >= 15 is 0 Å². The van der Waals surface area contributed by atoms with Crippen molar-refractivity contribution in [1.29, 1.82) is 0 Å². The van der Waals surface area contributed by atoms with Crippen molar-refractivity contribution in [1.82, 2.24) is 5.32 Å². The fourth-order valence-electron chi connectivity index (χ4n) is 3.53. The zero-order valence-electron chi connectivity index (χ0n) is 15.8. The Morgan fingerprint density at radius 2 is 1.81 bits per heavy atom. The molecule has 3 rings (SSSR count). The lowest BCUT2D eigenvalue weighted by Crippen LogP contribution is -2.38. The third-order valence-corrected chi connectivity index (χ3v) is 5.06. The highest BCUT2D eigenvalue weighted by atomic mass is 16.5. The second kappa shape index (κ2) is 9.40. The van der Waals surface area contributed by atoms with Crippen LogP contribution in [-0.4, -0.2) is 31.6 Å². The zero-order chi connectivity index (χ0) is 19.1. The molecular weight excluding hydrogens is 342 g/mol. The number of ether oxygens (including phenoxy) is 2. The van der Waals surface area contributed by atoms with E-state index in [1.807, 2.05) is 36.4 Å². The summed E-state index contributed by atoms with van der Waals surface area (Å²) in [7, 11) is 1.40. The average Bonchev–Trinajstić information content (AvgIpc) is 2.70. The Balaban J connectivity index is 1.57. The molecule has 0 atom stereocenters. The van der Waals surface area contributed by atoms with Crippen molar-refractivity contribution in [2.24, 2.45) is 0 Å². The first kappa shape index (κ1) is 19.2. The van der Waals surface area contributed by atoms with Crippen LogP contribution in [0.5, 0.6) is 5.75 Å². The summed E-state index contributed by atoms with van der Waals surface area (Å²) in [5.74, 6) is 0.399. The summed E-state index contributed by atoms with van der Waals surface area (Å²) in [5.41, 5.74) is 1.07. The number of rotatable bonds is 7. The number of benzene rings is 2. The molecule has 2 aromatic carbocycles. The first-order chi connectivity index (χ1) is 13.1. The Kier molecular flexibility index (Phi) is 6.69. The highest BCUT2D eigenvalue weighted by Crippen LogP contribution is 2.23. The number of amides is 1. The summed E-state index contributed by atoms with van der Waals surface area (Å²) in [6.07, 6.45) is 6.77. The molecule has 0 aliphatic heterocycles. The SMILES string of the molecule is COC(=O)CCc1ccc2ccc(OCC(=O)NC3CCCCC3)cc2c1. The number of carbonyl (C=O) groups excluding carboxylic acids is 2. The molecule has 0 heterocycles. The maximum absolute atomic E-state index is 12.1. The summed E-state index contributed by atoms with van der Waals surface area (Å²) in [5, 5.41) is 5.18. The first-order valence-electron chi connectivity index (χ1n) is 9.66. The van der Waals surface area contributed by atoms with E-state index in [9.17, 15) is 9.59 Å². The van der Waals surface area contributed by atoms with E-state index in [1.54, 1.807) is 0 Å². The maximum Gasteiger partial charge on any atom is 0.305 e. The molecule has 1 N–H and O–H groups in total. The van der Waals surface area contributed by atoms with E-state index in [1.165, 1.54) is 26.4 Å². The van der Waals surface area contributed by atoms with E-state index in [-0.39, 0.29) is 18.5 Å². The quantitative estimate of drug-likeness (QED) is 0.755. The fourth-order valence-corrected chi connectivity index (χ4v) is 3.53. The predicted molar refractivity (Wildman–Crippen MR) is 105 cm³/mol. The van der Waals surface area contributed by atoms with Crippen LogP contribution in [0.4, 0.5) is 0 Å². The predicted octanol–water partition coefficient (Wildman–Crippen LogP) is 3.77. The molecule has 144 valence electrons. The highest BCUT2D eigenvalue weighted by molar-refractivity contribution is 5.85. The van der Waals surface area contributed by atoms with Gasteiger partial charge in [-0.3, -0.25) is 9.59 Å². The molecule has 5 nitrogen and oxygen atoms in total. The van der Waals surface area contributed by atoms with E-state index < -0.39 is 0 Å². The van der Waals surface area contributed by atoms with E-state index in [4.69, 9.17) is 9.47 Å². The third-order valence-electron chi connectivity index (χ3n) is 5.06. The van der Waals surface area contributed by atoms with Crippen LogP contribution in [0.15, 0.2) is 36.4 Å². The molecule has 0 unspecified atom stereocenters. The van der Waals surface area contributed by atoms with Gasteiger partial charge >= 0.3 is 5.97 Å². The van der Waals surface area contributed by atoms with Crippen LogP contribution < -0.4 is 10.1 Å². The van der Waals surface area contributed by atoms with E-state index in [2.05, 4.69) is 5.32 Å². The van der Waals surface area contributed by atoms with Crippen molar-refractivity contribution in [3.05, 3.63) is 42.0 Å². The summed E-state index contributed by atoms with van der Waals surface area (Å²) >= 11 is 0. The fraction of sp³-hybridized carbons (Fsp3) is 0.455. The van der Waals surface area contributed by atoms with Crippen molar-refractivity contribution >= 4 is 22.6 Å². The number of aryl methyl sites for hydroxylation is 1. The molecule has 0 aromatic heterocycles. The van der Waals surface area contributed by atoms with Crippen LogP contribution in [0.2, 0.25) is 0 Å². The molecule has 5 heteroatoms. The van der Waals surface area contributed by atoms with E-state index in [0.29, 0.717) is 24.6 Å². The molecule has 1 aliphatic rings. The largest absolute Gasteiger partial charge is 0.484 e. The molecule has 27 heavy (non-hydrogen) atoms. The monoisotopic (exact) mass is 369 g/mol. The van der Waals surface area contributed by atoms with Gasteiger partial charge in [0.25, 0.3) is 5.91 Å². The number of hydrogen-bond donors (Lipinski definition) is 1. The standard InChI is InChI=1S/C22H27NO4/c1-26-22(25)12-8-16-7-9-17-10-11-20(14-18(17)13-16)27-15-21(24)23-19-5-3-2-4-6-19/h7,9-11,13-14,19H,2-6,8,12,15H2,1H3,(H,23,24). The van der Waals surface area contributed by atoms with Gasteiger partial charge in [0.15, 0.2) is 6.61 Å². The van der Waals surface area contributed by atoms with Gasteiger partial charge in [-0.2, -0.15) is 0 Å². The second-order valence-corrected chi connectivity index (χ2v) is 7.11. The Bertz CT molecular complexity index is 796. The van der Waals surface area contributed by atoms with Crippen LogP contribution in [-0.2, 0) is 20.7 Å². The van der Waals surface area contributed by atoms with Crippen molar-refractivity contribution in [2.75, 3.05) is 13.7 Å². The molecule has 1 saturated carbocycles. The molecule has 1 aliphatic carbocycles. The number of methoxy groups -OCH3 is 1. The Morgan fingerprint density at radius 3 is 2.59 bits per heavy atom. The summed E-state index contributed by atoms with van der Waals surface area (Å²) in [4.78, 5) is 23.4. The van der Waals surface area contributed by atoms with Gasteiger partial charge in [0.2, 0.25) is 0 Å². The number of hydrogen-bond acceptors (Lipinski definition) is 4. The second-order valence-electron chi connectivity index (χ2n) is 7.11. The topological polar surface area (TPSA) is 64.6 Å². The third kappa shape index (κ3) is 5.71. The van der Waals surface area contributed by atoms with Gasteiger partial charge in [-0.25, -0.2) is 0 Å². The van der Waals surface area contributed by atoms with Gasteiger partial charge in [0.1, 0.15) is 5.75 Å². The van der Waals surface area contributed by atoms with Gasteiger partial charge in [0, 0.05) is 12.5 Å². The molecule has 2 aromatic rings. The maximum atomic E-state index is 12.1. The summed E-state index contributed by atoms with van der Waals surface area (Å²) in [6, 6.07) is 12.2. The molecule has 0 spiro atoms. The minimum Gasteiger partial charge on any atom is -0.484 e. The molecule has 0 saturated heterocycles. The minimum atomic E-state index is -0.212. The number of fused-ring (bicyclic) bond motifs is 1.